The first-order valence-electron chi connectivity index (χ1n) is 10.4. The van der Waals surface area contributed by atoms with Crippen LogP contribution in [-0.4, -0.2) is 37.4 Å². The lowest BCUT2D eigenvalue weighted by Gasteiger charge is -2.51. The van der Waals surface area contributed by atoms with E-state index in [9.17, 15) is 14.0 Å². The summed E-state index contributed by atoms with van der Waals surface area (Å²) in [5.41, 5.74) is 1.05. The Morgan fingerprint density at radius 1 is 1.00 bits per heavy atom. The molecule has 1 aliphatic rings. The minimum atomic E-state index is -2.41. The molecular weight excluding hydrogens is 389 g/mol. The highest BCUT2D eigenvalue weighted by molar-refractivity contribution is 6.77. The third-order valence-corrected chi connectivity index (χ3v) is 11.9. The van der Waals surface area contributed by atoms with Gasteiger partial charge < -0.3 is 9.16 Å². The van der Waals surface area contributed by atoms with E-state index in [2.05, 4.69) is 41.5 Å². The van der Waals surface area contributed by atoms with Crippen molar-refractivity contribution < 1.29 is 23.1 Å². The number of ether oxygens (including phenoxy) is 1. The van der Waals surface area contributed by atoms with E-state index in [0.717, 1.165) is 4.90 Å². The van der Waals surface area contributed by atoms with Crippen LogP contribution >= 0.6 is 0 Å². The molecule has 0 aliphatic carbocycles. The quantitative estimate of drug-likeness (QED) is 0.410. The molecule has 29 heavy (non-hydrogen) atoms. The van der Waals surface area contributed by atoms with Gasteiger partial charge in [0.05, 0.1) is 6.10 Å². The Morgan fingerprint density at radius 2 is 1.52 bits per heavy atom. The number of benzene rings is 1. The second-order valence-corrected chi connectivity index (χ2v) is 14.4. The molecule has 2 amide bonds. The van der Waals surface area contributed by atoms with Crippen LogP contribution in [0.15, 0.2) is 24.3 Å². The van der Waals surface area contributed by atoms with Gasteiger partial charge in [-0.3, -0.25) is 4.79 Å². The van der Waals surface area contributed by atoms with E-state index >= 15 is 0 Å². The predicted octanol–water partition coefficient (Wildman–Crippen LogP) is 5.81. The monoisotopic (exact) mass is 423 g/mol. The molecule has 1 saturated heterocycles. The third-order valence-electron chi connectivity index (χ3n) is 5.84. The third kappa shape index (κ3) is 4.26. The topological polar surface area (TPSA) is 55.8 Å². The van der Waals surface area contributed by atoms with Gasteiger partial charge >= 0.3 is 6.09 Å². The number of hydrogen-bond acceptors (Lipinski definition) is 4. The maximum Gasteiger partial charge on any atom is 0.417 e. The van der Waals surface area contributed by atoms with Gasteiger partial charge in [0.25, 0.3) is 5.91 Å². The summed E-state index contributed by atoms with van der Waals surface area (Å²) >= 11 is 0. The summed E-state index contributed by atoms with van der Waals surface area (Å²) < 4.78 is 26.5. The van der Waals surface area contributed by atoms with Gasteiger partial charge in [0.2, 0.25) is 8.32 Å². The van der Waals surface area contributed by atoms with Gasteiger partial charge in [-0.2, -0.15) is 0 Å². The van der Waals surface area contributed by atoms with E-state index < -0.39 is 38.3 Å². The second kappa shape index (κ2) is 8.96. The van der Waals surface area contributed by atoms with Crippen LogP contribution in [0.3, 0.4) is 0 Å². The fourth-order valence-corrected chi connectivity index (χ4v) is 10.2. The fraction of sp³-hybridized carbons (Fsp3) is 0.636. The Hall–Kier alpha value is -1.73. The van der Waals surface area contributed by atoms with Gasteiger partial charge in [-0.05, 0) is 36.5 Å². The average Bonchev–Trinajstić information content (AvgIpc) is 2.59. The maximum atomic E-state index is 14.6. The molecule has 5 nitrogen and oxygen atoms in total. The van der Waals surface area contributed by atoms with Crippen molar-refractivity contribution in [1.29, 1.82) is 0 Å². The SMILES string of the molecule is CC(C)OC(=O)N1C(=O)C(O[Si](C(C)C)(C(C)C)C(C)C)C1c1ccccc1F. The number of amides is 2. The van der Waals surface area contributed by atoms with Crippen molar-refractivity contribution >= 4 is 20.3 Å². The zero-order chi connectivity index (χ0) is 22.1. The Morgan fingerprint density at radius 3 is 1.97 bits per heavy atom. The van der Waals surface area contributed by atoms with E-state index in [4.69, 9.17) is 9.16 Å². The molecule has 2 atom stereocenters. The van der Waals surface area contributed by atoms with Gasteiger partial charge in [0.15, 0.2) is 6.10 Å². The van der Waals surface area contributed by atoms with Crippen molar-refractivity contribution in [2.45, 2.75) is 90.3 Å². The molecule has 0 bridgehead atoms. The van der Waals surface area contributed by atoms with Gasteiger partial charge in [-0.1, -0.05) is 59.7 Å². The minimum Gasteiger partial charge on any atom is -0.446 e. The van der Waals surface area contributed by atoms with E-state index in [1.807, 2.05) is 0 Å². The average molecular weight is 424 g/mol. The van der Waals surface area contributed by atoms with E-state index in [1.165, 1.54) is 6.07 Å². The molecule has 1 aliphatic heterocycles. The number of halogens is 1. The summed E-state index contributed by atoms with van der Waals surface area (Å²) in [6.07, 6.45) is -2.03. The first-order valence-corrected chi connectivity index (χ1v) is 12.5. The molecule has 2 unspecified atom stereocenters. The smallest absolute Gasteiger partial charge is 0.417 e. The number of rotatable bonds is 7. The summed E-state index contributed by atoms with van der Waals surface area (Å²) in [5.74, 6) is -0.922. The van der Waals surface area contributed by atoms with Crippen molar-refractivity contribution in [3.8, 4) is 0 Å². The molecule has 1 aromatic rings. The first-order chi connectivity index (χ1) is 13.4. The van der Waals surface area contributed by atoms with Crippen LogP contribution in [0.25, 0.3) is 0 Å². The van der Waals surface area contributed by atoms with Gasteiger partial charge in [0.1, 0.15) is 11.9 Å². The standard InChI is InChI=1S/C22H34FNO4Si/c1-13(2)27-22(26)24-19(17-11-9-10-12-18(17)23)20(21(24)25)28-29(14(3)4,15(5)6)16(7)8/h9-16,19-20H,1-8H3. The number of imide groups is 1. The highest BCUT2D eigenvalue weighted by Gasteiger charge is 2.59. The highest BCUT2D eigenvalue weighted by Crippen LogP contribution is 2.48. The number of carbonyl (C=O) groups excluding carboxylic acids is 2. The summed E-state index contributed by atoms with van der Waals surface area (Å²) in [5, 5.41) is 0. The molecule has 7 heteroatoms. The molecule has 1 fully saturated rings. The summed E-state index contributed by atoms with van der Waals surface area (Å²) in [6.45, 7) is 16.2. The lowest BCUT2D eigenvalue weighted by Crippen LogP contribution is -2.66. The normalized spacial score (nSPS) is 20.0. The molecule has 0 spiro atoms. The van der Waals surface area contributed by atoms with Crippen molar-refractivity contribution in [2.24, 2.45) is 0 Å². The number of β-lactam (4-membered cyclic amide) rings is 1. The highest BCUT2D eigenvalue weighted by atomic mass is 28.4. The Labute approximate surface area is 174 Å². The van der Waals surface area contributed by atoms with Crippen LogP contribution in [-0.2, 0) is 14.0 Å². The lowest BCUT2D eigenvalue weighted by molar-refractivity contribution is -0.161. The molecule has 0 aromatic heterocycles. The van der Waals surface area contributed by atoms with Crippen LogP contribution in [0.1, 0.15) is 67.0 Å². The van der Waals surface area contributed by atoms with Crippen molar-refractivity contribution in [3.05, 3.63) is 35.6 Å². The molecule has 1 aromatic carbocycles. The zero-order valence-electron chi connectivity index (χ0n) is 18.7. The van der Waals surface area contributed by atoms with E-state index in [-0.39, 0.29) is 28.3 Å². The molecule has 0 saturated carbocycles. The van der Waals surface area contributed by atoms with Gasteiger partial charge in [0, 0.05) is 5.56 Å². The molecule has 0 N–H and O–H groups in total. The van der Waals surface area contributed by atoms with Crippen molar-refractivity contribution in [1.82, 2.24) is 4.90 Å². The molecule has 1 heterocycles. The fourth-order valence-electron chi connectivity index (χ4n) is 4.68. The molecule has 162 valence electrons. The minimum absolute atomic E-state index is 0.258. The van der Waals surface area contributed by atoms with Crippen LogP contribution < -0.4 is 0 Å². The molecule has 2 rings (SSSR count). The number of carbonyl (C=O) groups is 2. The van der Waals surface area contributed by atoms with Crippen LogP contribution in [0, 0.1) is 5.82 Å². The summed E-state index contributed by atoms with van der Waals surface area (Å²) in [4.78, 5) is 26.6. The van der Waals surface area contributed by atoms with Gasteiger partial charge in [-0.15, -0.1) is 0 Å². The van der Waals surface area contributed by atoms with Crippen LogP contribution in [0.4, 0.5) is 9.18 Å². The van der Waals surface area contributed by atoms with Crippen molar-refractivity contribution in [3.63, 3.8) is 0 Å². The van der Waals surface area contributed by atoms with Gasteiger partial charge in [-0.25, -0.2) is 14.1 Å². The summed E-state index contributed by atoms with van der Waals surface area (Å²) in [7, 11) is -2.41. The number of likely N-dealkylation sites (tertiary alicyclic amines) is 1. The maximum absolute atomic E-state index is 14.6. The van der Waals surface area contributed by atoms with Crippen LogP contribution in [0.2, 0.25) is 16.6 Å². The zero-order valence-corrected chi connectivity index (χ0v) is 19.7. The number of hydrogen-bond donors (Lipinski definition) is 0. The van der Waals surface area contributed by atoms with E-state index in [1.54, 1.807) is 32.0 Å². The lowest BCUT2D eigenvalue weighted by atomic mass is 9.91. The largest absolute Gasteiger partial charge is 0.446 e. The Kier molecular flexibility index (Phi) is 7.27. The predicted molar refractivity (Wildman–Crippen MR) is 114 cm³/mol. The van der Waals surface area contributed by atoms with E-state index in [0.29, 0.717) is 0 Å². The van der Waals surface area contributed by atoms with Crippen molar-refractivity contribution in [2.75, 3.05) is 0 Å². The molecular formula is C22H34FNO4Si. The first kappa shape index (κ1) is 23.5. The summed E-state index contributed by atoms with van der Waals surface area (Å²) in [6, 6.07) is 5.39. The Bertz CT molecular complexity index is 728. The van der Waals surface area contributed by atoms with Crippen LogP contribution in [0.5, 0.6) is 0 Å². The molecule has 0 radical (unpaired) electrons. The Balaban J connectivity index is 2.48. The second-order valence-electron chi connectivity index (χ2n) is 8.96. The number of nitrogens with zero attached hydrogens (tertiary/aromatic N) is 1.